The standard InChI is InChI=1S/C24H26FN5O.C20H18ClFN4O.C4H9N.HI/c25-20-7-3-5-18(15-20)10-12-27-23-21(8-9-22(29-23)30-13-1-2-14-30)24(31)28-17-19-6-4-11-26-16-19;21-18-7-6-17(20(27)25-13-15-4-2-9-23-12-15)19(26-18)24-10-8-14-3-1-5-16(22)11-14;1-2-4-5-3-1;/h3-9,11,15-16H,1-2,10,12-14,17H2,(H,27,29)(H,28,31);1-7,9,11-12H,8,10,13H2,(H,24,26)(H,25,27);5H,1-4H2;1H. The van der Waals surface area contributed by atoms with Crippen LogP contribution in [0.25, 0.3) is 0 Å². The molecule has 2 aliphatic heterocycles. The van der Waals surface area contributed by atoms with E-state index in [1.807, 2.05) is 48.5 Å². The molecule has 0 spiro atoms. The summed E-state index contributed by atoms with van der Waals surface area (Å²) in [6, 6.07) is 27.3. The van der Waals surface area contributed by atoms with E-state index in [1.165, 1.54) is 50.2 Å². The molecular weight excluding hydrogens is 949 g/mol. The normalized spacial score (nSPS) is 12.7. The number of benzene rings is 2. The molecule has 0 saturated carbocycles. The Kier molecular flexibility index (Phi) is 20.6. The molecule has 0 aliphatic carbocycles. The van der Waals surface area contributed by atoms with E-state index in [2.05, 4.69) is 46.4 Å². The van der Waals surface area contributed by atoms with Gasteiger partial charge in [-0.25, -0.2) is 18.7 Å². The predicted octanol–water partition coefficient (Wildman–Crippen LogP) is 8.64. The van der Waals surface area contributed by atoms with Crippen molar-refractivity contribution in [2.75, 3.05) is 54.8 Å². The van der Waals surface area contributed by atoms with Crippen LogP contribution < -0.4 is 31.5 Å². The lowest BCUT2D eigenvalue weighted by molar-refractivity contribution is 0.0943. The molecule has 0 bridgehead atoms. The smallest absolute Gasteiger partial charge is 0.255 e. The third-order valence-electron chi connectivity index (χ3n) is 10.2. The van der Waals surface area contributed by atoms with Crippen molar-refractivity contribution in [3.05, 3.63) is 172 Å². The number of hydrogen-bond donors (Lipinski definition) is 5. The van der Waals surface area contributed by atoms with Crippen LogP contribution >= 0.6 is 35.6 Å². The number of carbonyl (C=O) groups excluding carboxylic acids is 2. The number of nitrogens with one attached hydrogen (secondary N) is 5. The summed E-state index contributed by atoms with van der Waals surface area (Å²) in [6.07, 6.45) is 13.1. The number of amides is 2. The van der Waals surface area contributed by atoms with Crippen LogP contribution in [0.4, 0.5) is 26.2 Å². The zero-order valence-corrected chi connectivity index (χ0v) is 38.6. The van der Waals surface area contributed by atoms with E-state index < -0.39 is 0 Å². The van der Waals surface area contributed by atoms with E-state index in [1.54, 1.807) is 49.1 Å². The van der Waals surface area contributed by atoms with Gasteiger partial charge in [0.15, 0.2) is 0 Å². The second-order valence-corrected chi connectivity index (χ2v) is 15.3. The van der Waals surface area contributed by atoms with E-state index in [-0.39, 0.29) is 52.6 Å². The Morgan fingerprint density at radius 2 is 1.12 bits per heavy atom. The SMILES string of the molecule is C1CCNC1.I.O=C(NCc1cccnc1)c1ccc(Cl)nc1NCCc1cccc(F)c1.O=C(NCc1cccnc1)c1ccc(N2CCCC2)nc1NCCc1cccc(F)c1. The fraction of sp³-hybridized carbons (Fsp3) is 0.292. The Morgan fingerprint density at radius 3 is 1.59 bits per heavy atom. The first-order valence-electron chi connectivity index (χ1n) is 21.2. The summed E-state index contributed by atoms with van der Waals surface area (Å²) < 4.78 is 26.7. The average Bonchev–Trinajstić information content (AvgIpc) is 4.08. The number of rotatable bonds is 15. The molecule has 2 aromatic carbocycles. The van der Waals surface area contributed by atoms with Gasteiger partial charge in [0.1, 0.15) is 34.2 Å². The lowest BCUT2D eigenvalue weighted by atomic mass is 10.1. The first kappa shape index (κ1) is 49.2. The van der Waals surface area contributed by atoms with Crippen molar-refractivity contribution < 1.29 is 18.4 Å². The first-order valence-corrected chi connectivity index (χ1v) is 21.6. The summed E-state index contributed by atoms with van der Waals surface area (Å²) in [5.74, 6) is 0.821. The van der Waals surface area contributed by atoms with Gasteiger partial charge in [-0.15, -0.1) is 24.0 Å². The third-order valence-corrected chi connectivity index (χ3v) is 10.4. The third kappa shape index (κ3) is 16.4. The van der Waals surface area contributed by atoms with Gasteiger partial charge in [0.2, 0.25) is 0 Å². The number of nitrogens with zero attached hydrogens (tertiary/aromatic N) is 5. The number of hydrogen-bond acceptors (Lipinski definition) is 10. The first-order chi connectivity index (χ1) is 30.8. The van der Waals surface area contributed by atoms with Gasteiger partial charge in [-0.3, -0.25) is 19.6 Å². The highest BCUT2D eigenvalue weighted by Gasteiger charge is 2.19. The summed E-state index contributed by atoms with van der Waals surface area (Å²) in [6.45, 7) is 6.23. The summed E-state index contributed by atoms with van der Waals surface area (Å²) >= 11 is 5.97. The molecule has 4 aromatic heterocycles. The van der Waals surface area contributed by atoms with Gasteiger partial charge < -0.3 is 31.5 Å². The summed E-state index contributed by atoms with van der Waals surface area (Å²) in [5.41, 5.74) is 4.46. The minimum absolute atomic E-state index is 0. The van der Waals surface area contributed by atoms with Crippen molar-refractivity contribution in [3.8, 4) is 0 Å². The molecule has 64 heavy (non-hydrogen) atoms. The van der Waals surface area contributed by atoms with E-state index in [9.17, 15) is 18.4 Å². The van der Waals surface area contributed by atoms with Crippen molar-refractivity contribution in [2.24, 2.45) is 0 Å². The zero-order valence-electron chi connectivity index (χ0n) is 35.5. The average molecular weight is 1000 g/mol. The summed E-state index contributed by atoms with van der Waals surface area (Å²) in [4.78, 5) is 44.7. The molecule has 2 aliphatic rings. The molecule has 2 fully saturated rings. The quantitative estimate of drug-likeness (QED) is 0.0500. The van der Waals surface area contributed by atoms with Crippen molar-refractivity contribution >= 4 is 64.8 Å². The van der Waals surface area contributed by atoms with Crippen LogP contribution in [0.15, 0.2) is 122 Å². The number of pyridine rings is 4. The number of anilines is 3. The van der Waals surface area contributed by atoms with Crippen LogP contribution in [0.1, 0.15) is 68.7 Å². The molecule has 6 heterocycles. The van der Waals surface area contributed by atoms with E-state index in [0.29, 0.717) is 61.8 Å². The molecule has 336 valence electrons. The maximum absolute atomic E-state index is 13.4. The fourth-order valence-electron chi connectivity index (χ4n) is 6.86. The molecule has 6 aromatic rings. The maximum Gasteiger partial charge on any atom is 0.255 e. The molecule has 16 heteroatoms. The second kappa shape index (κ2) is 26.8. The number of carbonyl (C=O) groups is 2. The van der Waals surface area contributed by atoms with Crippen molar-refractivity contribution in [1.82, 2.24) is 35.9 Å². The highest BCUT2D eigenvalue weighted by atomic mass is 127. The van der Waals surface area contributed by atoms with Crippen LogP contribution in [0.2, 0.25) is 5.15 Å². The van der Waals surface area contributed by atoms with Gasteiger partial charge in [-0.2, -0.15) is 0 Å². The topological polar surface area (TPSA) is 149 Å². The van der Waals surface area contributed by atoms with Crippen molar-refractivity contribution in [1.29, 1.82) is 0 Å². The Bertz CT molecular complexity index is 2350. The summed E-state index contributed by atoms with van der Waals surface area (Å²) in [5, 5.41) is 15.7. The van der Waals surface area contributed by atoms with E-state index in [0.717, 1.165) is 54.0 Å². The molecular formula is C48H54ClF2IN10O2. The Hall–Kier alpha value is -5.78. The zero-order chi connectivity index (χ0) is 44.1. The molecule has 5 N–H and O–H groups in total. The van der Waals surface area contributed by atoms with Gasteiger partial charge in [0.25, 0.3) is 11.8 Å². The highest BCUT2D eigenvalue weighted by Crippen LogP contribution is 2.23. The van der Waals surface area contributed by atoms with Crippen LogP contribution in [-0.4, -0.2) is 71.0 Å². The van der Waals surface area contributed by atoms with Crippen LogP contribution in [0.5, 0.6) is 0 Å². The fourth-order valence-corrected chi connectivity index (χ4v) is 7.01. The Balaban J connectivity index is 0.000000215. The molecule has 0 atom stereocenters. The lowest BCUT2D eigenvalue weighted by Crippen LogP contribution is -2.26. The predicted molar refractivity (Wildman–Crippen MR) is 260 cm³/mol. The van der Waals surface area contributed by atoms with Crippen LogP contribution in [0, 0.1) is 11.6 Å². The minimum Gasteiger partial charge on any atom is -0.369 e. The van der Waals surface area contributed by atoms with Crippen LogP contribution in [-0.2, 0) is 25.9 Å². The monoisotopic (exact) mass is 1000 g/mol. The van der Waals surface area contributed by atoms with E-state index >= 15 is 0 Å². The van der Waals surface area contributed by atoms with Gasteiger partial charge in [-0.05, 0) is 135 Å². The van der Waals surface area contributed by atoms with Gasteiger partial charge in [0.05, 0.1) is 11.1 Å². The van der Waals surface area contributed by atoms with E-state index in [4.69, 9.17) is 16.6 Å². The number of halogens is 4. The highest BCUT2D eigenvalue weighted by molar-refractivity contribution is 14.0. The van der Waals surface area contributed by atoms with Crippen LogP contribution in [0.3, 0.4) is 0 Å². The molecule has 0 unspecified atom stereocenters. The Morgan fingerprint density at radius 1 is 0.625 bits per heavy atom. The largest absolute Gasteiger partial charge is 0.369 e. The molecule has 2 saturated heterocycles. The minimum atomic E-state index is -0.274. The van der Waals surface area contributed by atoms with Gasteiger partial charge >= 0.3 is 0 Å². The molecule has 2 amide bonds. The van der Waals surface area contributed by atoms with Gasteiger partial charge in [0, 0.05) is 64.1 Å². The van der Waals surface area contributed by atoms with Crippen molar-refractivity contribution in [2.45, 2.75) is 51.6 Å². The Labute approximate surface area is 395 Å². The van der Waals surface area contributed by atoms with Gasteiger partial charge in [-0.1, -0.05) is 48.0 Å². The molecule has 0 radical (unpaired) electrons. The lowest BCUT2D eigenvalue weighted by Gasteiger charge is -2.19. The molecule has 12 nitrogen and oxygen atoms in total. The summed E-state index contributed by atoms with van der Waals surface area (Å²) in [7, 11) is 0. The maximum atomic E-state index is 13.4. The van der Waals surface area contributed by atoms with Crippen molar-refractivity contribution in [3.63, 3.8) is 0 Å². The second-order valence-electron chi connectivity index (χ2n) is 14.9. The molecule has 8 rings (SSSR count). The number of aromatic nitrogens is 4.